The smallest absolute Gasteiger partial charge is 0.168 e. The molecule has 0 saturated carbocycles. The zero-order valence-electron chi connectivity index (χ0n) is 10.9. The number of halogens is 2. The maximum Gasteiger partial charge on any atom is 0.168 e. The molecule has 1 aromatic carbocycles. The fourth-order valence-electron chi connectivity index (χ4n) is 2.44. The molecule has 106 valence electrons. The number of rotatable bonds is 3. The number of aliphatic hydroxyl groups is 1. The molecule has 1 fully saturated rings. The third kappa shape index (κ3) is 2.13. The lowest BCUT2D eigenvalue weighted by molar-refractivity contribution is 0.0442. The molecule has 0 atom stereocenters. The minimum absolute atomic E-state index is 0.157. The van der Waals surface area contributed by atoms with Gasteiger partial charge in [0, 0.05) is 21.4 Å². The van der Waals surface area contributed by atoms with Crippen LogP contribution in [0.4, 0.5) is 10.2 Å². The summed E-state index contributed by atoms with van der Waals surface area (Å²) in [6.45, 7) is -0.143. The van der Waals surface area contributed by atoms with E-state index in [0.717, 1.165) is 21.0 Å². The number of nitrogens with zero attached hydrogens (tertiary/aromatic N) is 2. The predicted octanol–water partition coefficient (Wildman–Crippen LogP) is 2.53. The van der Waals surface area contributed by atoms with E-state index in [9.17, 15) is 4.39 Å². The number of anilines is 1. The van der Waals surface area contributed by atoms with Crippen LogP contribution in [-0.2, 0) is 0 Å². The number of benzene rings is 1. The third-order valence-electron chi connectivity index (χ3n) is 3.56. The summed E-state index contributed by atoms with van der Waals surface area (Å²) in [7, 11) is 1.61. The van der Waals surface area contributed by atoms with Crippen LogP contribution in [-0.4, -0.2) is 42.6 Å². The molecular weight excluding hydrogens is 327 g/mol. The summed E-state index contributed by atoms with van der Waals surface area (Å²) in [5.74, 6) is 1.44. The molecule has 0 aliphatic carbocycles. The van der Waals surface area contributed by atoms with Crippen LogP contribution in [0, 0.1) is 0 Å². The van der Waals surface area contributed by atoms with Gasteiger partial charge < -0.3 is 14.7 Å². The molecule has 1 aromatic heterocycles. The molecule has 2 aromatic rings. The molecule has 1 aliphatic heterocycles. The van der Waals surface area contributed by atoms with Gasteiger partial charge in [-0.3, -0.25) is 0 Å². The fraction of sp³-hybridized carbons (Fsp3) is 0.357. The molecule has 0 radical (unpaired) electrons. The van der Waals surface area contributed by atoms with Crippen molar-refractivity contribution in [3.8, 4) is 5.75 Å². The highest BCUT2D eigenvalue weighted by Crippen LogP contribution is 2.37. The molecule has 20 heavy (non-hydrogen) atoms. The van der Waals surface area contributed by atoms with Crippen molar-refractivity contribution in [2.24, 2.45) is 0 Å². The topological polar surface area (TPSA) is 45.6 Å². The van der Waals surface area contributed by atoms with E-state index in [1.165, 1.54) is 0 Å². The van der Waals surface area contributed by atoms with E-state index >= 15 is 0 Å². The minimum Gasteiger partial charge on any atom is -0.497 e. The average molecular weight is 341 g/mol. The van der Waals surface area contributed by atoms with Gasteiger partial charge in [-0.05, 0) is 34.1 Å². The Bertz CT molecular complexity index is 659. The van der Waals surface area contributed by atoms with Crippen LogP contribution in [0.5, 0.6) is 5.75 Å². The Hall–Kier alpha value is -1.40. The number of aliphatic hydroxyl groups excluding tert-OH is 1. The first-order valence-electron chi connectivity index (χ1n) is 6.23. The summed E-state index contributed by atoms with van der Waals surface area (Å²) < 4.78 is 20.0. The van der Waals surface area contributed by atoms with Crippen LogP contribution in [0.15, 0.2) is 28.9 Å². The molecule has 3 rings (SSSR count). The van der Waals surface area contributed by atoms with Crippen molar-refractivity contribution in [3.63, 3.8) is 0 Å². The van der Waals surface area contributed by atoms with Crippen molar-refractivity contribution in [3.05, 3.63) is 28.9 Å². The molecule has 2 heterocycles. The van der Waals surface area contributed by atoms with Crippen LogP contribution < -0.4 is 9.64 Å². The van der Waals surface area contributed by atoms with E-state index in [1.807, 2.05) is 23.1 Å². The van der Waals surface area contributed by atoms with Crippen molar-refractivity contribution in [2.75, 3.05) is 31.7 Å². The van der Waals surface area contributed by atoms with Crippen molar-refractivity contribution in [2.45, 2.75) is 5.67 Å². The number of fused-ring (bicyclic) bond motifs is 1. The second kappa shape index (κ2) is 4.86. The van der Waals surface area contributed by atoms with Gasteiger partial charge in [0.2, 0.25) is 0 Å². The summed E-state index contributed by atoms with van der Waals surface area (Å²) in [6, 6.07) is 5.71. The van der Waals surface area contributed by atoms with Gasteiger partial charge in [-0.1, -0.05) is 0 Å². The molecule has 1 saturated heterocycles. The van der Waals surface area contributed by atoms with Crippen molar-refractivity contribution < 1.29 is 14.2 Å². The van der Waals surface area contributed by atoms with Gasteiger partial charge in [0.25, 0.3) is 0 Å². The standard InChI is InChI=1S/C14H14BrFN2O2/c1-20-9-2-3-10-11(4-9)13(17-5-12(10)15)18-6-14(16,7-18)8-19/h2-5,19H,6-8H2,1H3. The lowest BCUT2D eigenvalue weighted by atomic mass is 9.96. The Morgan fingerprint density at radius 3 is 2.85 bits per heavy atom. The fourth-order valence-corrected chi connectivity index (χ4v) is 2.89. The van der Waals surface area contributed by atoms with Crippen molar-refractivity contribution in [1.29, 1.82) is 0 Å². The zero-order chi connectivity index (χ0) is 14.3. The molecule has 1 aliphatic rings. The highest BCUT2D eigenvalue weighted by Gasteiger charge is 2.44. The lowest BCUT2D eigenvalue weighted by Crippen LogP contribution is -2.61. The summed E-state index contributed by atoms with van der Waals surface area (Å²) in [5.41, 5.74) is -1.51. The average Bonchev–Trinajstić information content (AvgIpc) is 2.44. The van der Waals surface area contributed by atoms with Crippen LogP contribution in [0.25, 0.3) is 10.8 Å². The number of ether oxygens (including phenoxy) is 1. The first kappa shape index (κ1) is 13.6. The number of alkyl halides is 1. The normalized spacial score (nSPS) is 17.1. The molecule has 4 nitrogen and oxygen atoms in total. The zero-order valence-corrected chi connectivity index (χ0v) is 12.5. The van der Waals surface area contributed by atoms with Gasteiger partial charge in [-0.15, -0.1) is 0 Å². The maximum absolute atomic E-state index is 13.8. The largest absolute Gasteiger partial charge is 0.497 e. The van der Waals surface area contributed by atoms with E-state index < -0.39 is 12.3 Å². The SMILES string of the molecule is COc1ccc2c(Br)cnc(N3CC(F)(CO)C3)c2c1. The summed E-state index contributed by atoms with van der Waals surface area (Å²) in [5, 5.41) is 10.9. The number of aromatic nitrogens is 1. The van der Waals surface area contributed by atoms with E-state index in [0.29, 0.717) is 5.82 Å². The Labute approximate surface area is 124 Å². The Balaban J connectivity index is 2.05. The first-order chi connectivity index (χ1) is 9.56. The van der Waals surface area contributed by atoms with E-state index in [1.54, 1.807) is 13.3 Å². The highest BCUT2D eigenvalue weighted by molar-refractivity contribution is 9.10. The Morgan fingerprint density at radius 1 is 1.45 bits per heavy atom. The number of hydrogen-bond donors (Lipinski definition) is 1. The predicted molar refractivity (Wildman–Crippen MR) is 79.1 cm³/mol. The monoisotopic (exact) mass is 340 g/mol. The van der Waals surface area contributed by atoms with Gasteiger partial charge >= 0.3 is 0 Å². The molecule has 0 spiro atoms. The summed E-state index contributed by atoms with van der Waals surface area (Å²) in [6.07, 6.45) is 1.71. The summed E-state index contributed by atoms with van der Waals surface area (Å²) >= 11 is 3.47. The van der Waals surface area contributed by atoms with Crippen molar-refractivity contribution >= 4 is 32.5 Å². The first-order valence-corrected chi connectivity index (χ1v) is 7.02. The van der Waals surface area contributed by atoms with Gasteiger partial charge in [-0.2, -0.15) is 0 Å². The van der Waals surface area contributed by atoms with Crippen LogP contribution in [0.1, 0.15) is 0 Å². The highest BCUT2D eigenvalue weighted by atomic mass is 79.9. The minimum atomic E-state index is -1.51. The van der Waals surface area contributed by atoms with Crippen LogP contribution in [0.3, 0.4) is 0 Å². The van der Waals surface area contributed by atoms with E-state index in [-0.39, 0.29) is 13.1 Å². The molecule has 0 unspecified atom stereocenters. The second-order valence-electron chi connectivity index (χ2n) is 5.01. The molecular formula is C14H14BrFN2O2. The quantitative estimate of drug-likeness (QED) is 0.932. The Kier molecular flexibility index (Phi) is 3.30. The maximum atomic E-state index is 13.8. The van der Waals surface area contributed by atoms with Crippen LogP contribution >= 0.6 is 15.9 Å². The van der Waals surface area contributed by atoms with Gasteiger partial charge in [0.15, 0.2) is 5.67 Å². The molecule has 1 N–H and O–H groups in total. The van der Waals surface area contributed by atoms with E-state index in [2.05, 4.69) is 20.9 Å². The molecule has 0 bridgehead atoms. The van der Waals surface area contributed by atoms with Gasteiger partial charge in [0.1, 0.15) is 11.6 Å². The van der Waals surface area contributed by atoms with Crippen molar-refractivity contribution in [1.82, 2.24) is 4.98 Å². The number of methoxy groups -OCH3 is 1. The van der Waals surface area contributed by atoms with Gasteiger partial charge in [0.05, 0.1) is 26.8 Å². The lowest BCUT2D eigenvalue weighted by Gasteiger charge is -2.44. The Morgan fingerprint density at radius 2 is 2.20 bits per heavy atom. The molecule has 0 amide bonds. The van der Waals surface area contributed by atoms with Gasteiger partial charge in [-0.25, -0.2) is 9.37 Å². The second-order valence-corrected chi connectivity index (χ2v) is 5.86. The molecule has 6 heteroatoms. The van der Waals surface area contributed by atoms with Crippen LogP contribution in [0.2, 0.25) is 0 Å². The summed E-state index contributed by atoms with van der Waals surface area (Å²) in [4.78, 5) is 6.20. The number of hydrogen-bond acceptors (Lipinski definition) is 4. The number of pyridine rings is 1. The van der Waals surface area contributed by atoms with E-state index in [4.69, 9.17) is 9.84 Å². The third-order valence-corrected chi connectivity index (χ3v) is 4.19.